The molecule has 0 spiro atoms. The summed E-state index contributed by atoms with van der Waals surface area (Å²) in [4.78, 5) is 0. The van der Waals surface area contributed by atoms with Crippen LogP contribution >= 0.6 is 0 Å². The second kappa shape index (κ2) is 10.7. The Morgan fingerprint density at radius 3 is 2.08 bits per heavy atom. The van der Waals surface area contributed by atoms with Gasteiger partial charge in [0.2, 0.25) is 0 Å². The molecule has 24 heavy (non-hydrogen) atoms. The average molecular weight is 359 g/mol. The summed E-state index contributed by atoms with van der Waals surface area (Å²) in [5.41, 5.74) is 0. The van der Waals surface area contributed by atoms with Gasteiger partial charge in [-0.1, -0.05) is 63.6 Å². The Hall–Kier alpha value is -1.11. The summed E-state index contributed by atoms with van der Waals surface area (Å²) >= 11 is 0. The van der Waals surface area contributed by atoms with E-state index < -0.39 is 15.2 Å². The largest absolute Gasteiger partial charge is 0.447 e. The van der Waals surface area contributed by atoms with Crippen molar-refractivity contribution in [2.24, 2.45) is 0 Å². The van der Waals surface area contributed by atoms with Crippen LogP contribution in [0.25, 0.3) is 0 Å². The standard InChI is InChI=1S/C18H30O5S/c1-3-5-6-7-8-9-13-16-18(22-4-2,24(19,20)21)23-17-14-11-10-12-15-17/h10-12,14-15H,3-9,13,16H2,1-2H3,(H,19,20,21). The van der Waals surface area contributed by atoms with E-state index in [-0.39, 0.29) is 13.0 Å². The molecule has 0 amide bonds. The van der Waals surface area contributed by atoms with Gasteiger partial charge in [0.25, 0.3) is 0 Å². The molecule has 1 N–H and O–H groups in total. The Morgan fingerprint density at radius 1 is 0.958 bits per heavy atom. The summed E-state index contributed by atoms with van der Waals surface area (Å²) in [5, 5.41) is -2.04. The molecule has 1 aromatic rings. The van der Waals surface area contributed by atoms with E-state index in [1.165, 1.54) is 19.3 Å². The van der Waals surface area contributed by atoms with Gasteiger partial charge < -0.3 is 9.47 Å². The molecule has 1 aromatic carbocycles. The van der Waals surface area contributed by atoms with E-state index in [9.17, 15) is 13.0 Å². The number of para-hydroxylation sites is 1. The first-order valence-electron chi connectivity index (χ1n) is 8.80. The fourth-order valence-corrected chi connectivity index (χ4v) is 3.47. The van der Waals surface area contributed by atoms with Crippen molar-refractivity contribution >= 4 is 10.1 Å². The number of hydrogen-bond acceptors (Lipinski definition) is 4. The van der Waals surface area contributed by atoms with Gasteiger partial charge in [-0.25, -0.2) is 0 Å². The SMILES string of the molecule is CCCCCCCCCC(OCC)(Oc1ccccc1)S(=O)(=O)O. The van der Waals surface area contributed by atoms with Gasteiger partial charge in [0.05, 0.1) is 0 Å². The molecule has 6 heteroatoms. The fraction of sp³-hybridized carbons (Fsp3) is 0.667. The van der Waals surface area contributed by atoms with Gasteiger partial charge in [-0.05, 0) is 25.5 Å². The zero-order valence-electron chi connectivity index (χ0n) is 14.7. The Labute approximate surface area is 146 Å². The van der Waals surface area contributed by atoms with Crippen LogP contribution in [0, 0.1) is 0 Å². The quantitative estimate of drug-likeness (QED) is 0.312. The summed E-state index contributed by atoms with van der Waals surface area (Å²) in [5.74, 6) is 0.353. The minimum Gasteiger partial charge on any atom is -0.447 e. The van der Waals surface area contributed by atoms with Crippen LogP contribution in [0.15, 0.2) is 30.3 Å². The molecule has 0 saturated heterocycles. The van der Waals surface area contributed by atoms with Crippen molar-refractivity contribution < 1.29 is 22.4 Å². The van der Waals surface area contributed by atoms with Gasteiger partial charge in [0, 0.05) is 13.0 Å². The topological polar surface area (TPSA) is 72.8 Å². The molecule has 1 atom stereocenters. The predicted molar refractivity (Wildman–Crippen MR) is 95.6 cm³/mol. The summed E-state index contributed by atoms with van der Waals surface area (Å²) in [6.07, 6.45) is 7.39. The summed E-state index contributed by atoms with van der Waals surface area (Å²) in [6, 6.07) is 8.57. The number of benzene rings is 1. The highest BCUT2D eigenvalue weighted by atomic mass is 32.2. The van der Waals surface area contributed by atoms with Crippen LogP contribution in [0.2, 0.25) is 0 Å². The van der Waals surface area contributed by atoms with Crippen molar-refractivity contribution in [1.29, 1.82) is 0 Å². The summed E-state index contributed by atoms with van der Waals surface area (Å²) in [7, 11) is -4.53. The first-order valence-corrected chi connectivity index (χ1v) is 10.2. The second-order valence-electron chi connectivity index (χ2n) is 5.88. The minimum atomic E-state index is -4.53. The van der Waals surface area contributed by atoms with Crippen LogP contribution in [0.3, 0.4) is 0 Å². The van der Waals surface area contributed by atoms with Gasteiger partial charge in [-0.15, -0.1) is 0 Å². The third-order valence-electron chi connectivity index (χ3n) is 3.86. The molecule has 0 aliphatic carbocycles. The van der Waals surface area contributed by atoms with Crippen molar-refractivity contribution in [3.05, 3.63) is 30.3 Å². The lowest BCUT2D eigenvalue weighted by molar-refractivity contribution is -0.124. The first kappa shape index (κ1) is 20.9. The molecule has 0 bridgehead atoms. The fourth-order valence-electron chi connectivity index (χ4n) is 2.60. The molecule has 0 aliphatic rings. The van der Waals surface area contributed by atoms with Gasteiger partial charge in [0.15, 0.2) is 0 Å². The van der Waals surface area contributed by atoms with Crippen molar-refractivity contribution in [2.75, 3.05) is 6.61 Å². The zero-order chi connectivity index (χ0) is 17.9. The Morgan fingerprint density at radius 2 is 1.54 bits per heavy atom. The average Bonchev–Trinajstić information content (AvgIpc) is 2.54. The van der Waals surface area contributed by atoms with Crippen LogP contribution in [-0.2, 0) is 14.9 Å². The van der Waals surface area contributed by atoms with Crippen molar-refractivity contribution in [1.82, 2.24) is 0 Å². The monoisotopic (exact) mass is 358 g/mol. The molecule has 138 valence electrons. The molecule has 0 aromatic heterocycles. The molecule has 0 fully saturated rings. The molecule has 0 saturated carbocycles. The van der Waals surface area contributed by atoms with E-state index in [0.29, 0.717) is 12.2 Å². The third-order valence-corrected chi connectivity index (χ3v) is 5.05. The molecule has 1 unspecified atom stereocenters. The van der Waals surface area contributed by atoms with Crippen LogP contribution in [0.5, 0.6) is 5.75 Å². The van der Waals surface area contributed by atoms with Gasteiger partial charge in [0.1, 0.15) is 5.75 Å². The normalized spacial score (nSPS) is 14.3. The lowest BCUT2D eigenvalue weighted by atomic mass is 10.1. The highest BCUT2D eigenvalue weighted by Gasteiger charge is 2.46. The van der Waals surface area contributed by atoms with E-state index in [1.54, 1.807) is 37.3 Å². The molecular weight excluding hydrogens is 328 g/mol. The lowest BCUT2D eigenvalue weighted by Gasteiger charge is -2.30. The summed E-state index contributed by atoms with van der Waals surface area (Å²) < 4.78 is 44.6. The molecule has 0 radical (unpaired) electrons. The molecule has 0 heterocycles. The van der Waals surface area contributed by atoms with E-state index in [0.717, 1.165) is 19.3 Å². The second-order valence-corrected chi connectivity index (χ2v) is 7.45. The van der Waals surface area contributed by atoms with E-state index in [1.807, 2.05) is 0 Å². The van der Waals surface area contributed by atoms with Gasteiger partial charge in [-0.3, -0.25) is 4.55 Å². The highest BCUT2D eigenvalue weighted by Crippen LogP contribution is 2.30. The Bertz CT molecular complexity index is 544. The van der Waals surface area contributed by atoms with Crippen molar-refractivity contribution in [2.45, 2.75) is 70.3 Å². The predicted octanol–water partition coefficient (Wildman–Crippen LogP) is 4.78. The van der Waals surface area contributed by atoms with E-state index in [2.05, 4.69) is 6.92 Å². The molecule has 1 rings (SSSR count). The Kier molecular flexibility index (Phi) is 9.33. The van der Waals surface area contributed by atoms with E-state index >= 15 is 0 Å². The first-order chi connectivity index (χ1) is 11.4. The lowest BCUT2D eigenvalue weighted by Crippen LogP contribution is -2.47. The number of hydrogen-bond donors (Lipinski definition) is 1. The van der Waals surface area contributed by atoms with Crippen LogP contribution in [-0.4, -0.2) is 24.7 Å². The molecule has 5 nitrogen and oxygen atoms in total. The van der Waals surface area contributed by atoms with Gasteiger partial charge in [-0.2, -0.15) is 8.42 Å². The number of rotatable bonds is 13. The number of ether oxygens (including phenoxy) is 2. The zero-order valence-corrected chi connectivity index (χ0v) is 15.6. The van der Waals surface area contributed by atoms with Crippen molar-refractivity contribution in [3.63, 3.8) is 0 Å². The molecule has 0 aliphatic heterocycles. The van der Waals surface area contributed by atoms with Crippen LogP contribution in [0.4, 0.5) is 0 Å². The molecular formula is C18H30O5S. The van der Waals surface area contributed by atoms with E-state index in [4.69, 9.17) is 9.47 Å². The van der Waals surface area contributed by atoms with Gasteiger partial charge >= 0.3 is 15.2 Å². The van der Waals surface area contributed by atoms with Crippen LogP contribution < -0.4 is 4.74 Å². The summed E-state index contributed by atoms with van der Waals surface area (Å²) in [6.45, 7) is 3.98. The Balaban J connectivity index is 2.70. The highest BCUT2D eigenvalue weighted by molar-refractivity contribution is 7.86. The van der Waals surface area contributed by atoms with Crippen LogP contribution in [0.1, 0.15) is 65.2 Å². The smallest absolute Gasteiger partial charge is 0.340 e. The minimum absolute atomic E-state index is 0.0995. The maximum atomic E-state index is 12.0. The maximum Gasteiger partial charge on any atom is 0.340 e. The maximum absolute atomic E-state index is 12.0. The third kappa shape index (κ3) is 6.79. The van der Waals surface area contributed by atoms with Crippen molar-refractivity contribution in [3.8, 4) is 5.75 Å². The number of unbranched alkanes of at least 4 members (excludes halogenated alkanes) is 6.